The summed E-state index contributed by atoms with van der Waals surface area (Å²) in [5, 5.41) is 2.79. The third-order valence-corrected chi connectivity index (χ3v) is 5.94. The molecule has 0 aliphatic carbocycles. The molecule has 2 saturated heterocycles. The Morgan fingerprint density at radius 3 is 2.70 bits per heavy atom. The molecule has 1 N–H and O–H groups in total. The highest BCUT2D eigenvalue weighted by Crippen LogP contribution is 2.26. The third kappa shape index (κ3) is 4.23. The fourth-order valence-corrected chi connectivity index (χ4v) is 4.59. The van der Waals surface area contributed by atoms with Crippen molar-refractivity contribution in [2.75, 3.05) is 31.1 Å². The van der Waals surface area contributed by atoms with E-state index >= 15 is 0 Å². The van der Waals surface area contributed by atoms with Crippen molar-refractivity contribution in [1.82, 2.24) is 10.2 Å². The van der Waals surface area contributed by atoms with Crippen LogP contribution in [0, 0.1) is 17.6 Å². The van der Waals surface area contributed by atoms with Crippen molar-refractivity contribution in [2.24, 2.45) is 5.92 Å². The lowest BCUT2D eigenvalue weighted by Crippen LogP contribution is -2.43. The van der Waals surface area contributed by atoms with E-state index in [1.54, 1.807) is 0 Å². The molecule has 1 atom stereocenters. The number of nitrogens with zero attached hydrogens (tertiary/aromatic N) is 1. The van der Waals surface area contributed by atoms with Crippen LogP contribution < -0.4 is 5.32 Å². The quantitative estimate of drug-likeness (QED) is 0.915. The first-order valence-corrected chi connectivity index (χ1v) is 9.34. The molecule has 1 aromatic carbocycles. The molecular weight excluding hydrogens is 318 g/mol. The molecule has 3 nitrogen and oxygen atoms in total. The normalized spacial score (nSPS) is 23.1. The van der Waals surface area contributed by atoms with Gasteiger partial charge in [-0.3, -0.25) is 9.69 Å². The number of nitrogens with one attached hydrogen (secondary N) is 1. The molecule has 1 amide bonds. The van der Waals surface area contributed by atoms with E-state index in [1.807, 2.05) is 11.8 Å². The molecule has 0 spiro atoms. The number of hydrogen-bond donors (Lipinski definition) is 1. The van der Waals surface area contributed by atoms with E-state index in [1.165, 1.54) is 24.0 Å². The SMILES string of the molecule is O=C(NCC1CCN(C2CCSC2)CC1)c1ccc(F)cc1F. The Bertz CT molecular complexity index is 556. The van der Waals surface area contributed by atoms with E-state index in [-0.39, 0.29) is 5.56 Å². The topological polar surface area (TPSA) is 32.3 Å². The fraction of sp³-hybridized carbons (Fsp3) is 0.588. The first kappa shape index (κ1) is 16.7. The molecule has 2 heterocycles. The van der Waals surface area contributed by atoms with Gasteiger partial charge in [0.2, 0.25) is 0 Å². The lowest BCUT2D eigenvalue weighted by atomic mass is 9.95. The highest BCUT2D eigenvalue weighted by atomic mass is 32.2. The maximum atomic E-state index is 13.6. The molecule has 1 unspecified atom stereocenters. The zero-order chi connectivity index (χ0) is 16.2. The Balaban J connectivity index is 1.45. The molecule has 1 aromatic rings. The molecule has 0 saturated carbocycles. The second kappa shape index (κ2) is 7.62. The van der Waals surface area contributed by atoms with Crippen LogP contribution in [0.1, 0.15) is 29.6 Å². The zero-order valence-corrected chi connectivity index (χ0v) is 13.9. The van der Waals surface area contributed by atoms with Gasteiger partial charge in [0, 0.05) is 24.4 Å². The summed E-state index contributed by atoms with van der Waals surface area (Å²) in [7, 11) is 0. The molecule has 6 heteroatoms. The minimum absolute atomic E-state index is 0.0909. The van der Waals surface area contributed by atoms with Gasteiger partial charge in [-0.15, -0.1) is 0 Å². The van der Waals surface area contributed by atoms with E-state index in [9.17, 15) is 13.6 Å². The van der Waals surface area contributed by atoms with Crippen LogP contribution in [-0.2, 0) is 0 Å². The number of amides is 1. The Labute approximate surface area is 139 Å². The predicted octanol–water partition coefficient (Wildman–Crippen LogP) is 2.91. The van der Waals surface area contributed by atoms with Gasteiger partial charge in [-0.25, -0.2) is 8.78 Å². The van der Waals surface area contributed by atoms with E-state index in [0.29, 0.717) is 12.5 Å². The van der Waals surface area contributed by atoms with Gasteiger partial charge in [0.1, 0.15) is 11.6 Å². The Morgan fingerprint density at radius 1 is 1.26 bits per heavy atom. The average Bonchev–Trinajstić information content (AvgIpc) is 3.07. The highest BCUT2D eigenvalue weighted by Gasteiger charge is 2.27. The smallest absolute Gasteiger partial charge is 0.254 e. The summed E-state index contributed by atoms with van der Waals surface area (Å²) in [6, 6.07) is 3.77. The number of thioether (sulfide) groups is 1. The van der Waals surface area contributed by atoms with Crippen LogP contribution in [0.25, 0.3) is 0 Å². The van der Waals surface area contributed by atoms with Gasteiger partial charge in [-0.1, -0.05) is 0 Å². The van der Waals surface area contributed by atoms with Crippen LogP contribution in [0.4, 0.5) is 8.78 Å². The Kier molecular flexibility index (Phi) is 5.54. The molecule has 126 valence electrons. The van der Waals surface area contributed by atoms with E-state index in [0.717, 1.165) is 44.1 Å². The van der Waals surface area contributed by atoms with E-state index < -0.39 is 17.5 Å². The van der Waals surface area contributed by atoms with Crippen molar-refractivity contribution in [1.29, 1.82) is 0 Å². The molecule has 2 fully saturated rings. The summed E-state index contributed by atoms with van der Waals surface area (Å²) in [5.74, 6) is 1.01. The predicted molar refractivity (Wildman–Crippen MR) is 88.7 cm³/mol. The summed E-state index contributed by atoms with van der Waals surface area (Å²) in [5.41, 5.74) is -0.0909. The maximum Gasteiger partial charge on any atom is 0.254 e. The Morgan fingerprint density at radius 2 is 2.04 bits per heavy atom. The lowest BCUT2D eigenvalue weighted by molar-refractivity contribution is 0.0924. The van der Waals surface area contributed by atoms with Crippen molar-refractivity contribution in [3.05, 3.63) is 35.4 Å². The van der Waals surface area contributed by atoms with Gasteiger partial charge >= 0.3 is 0 Å². The van der Waals surface area contributed by atoms with Crippen molar-refractivity contribution in [2.45, 2.75) is 25.3 Å². The molecule has 2 aliphatic rings. The zero-order valence-electron chi connectivity index (χ0n) is 13.1. The number of benzene rings is 1. The van der Waals surface area contributed by atoms with Gasteiger partial charge in [0.05, 0.1) is 5.56 Å². The largest absolute Gasteiger partial charge is 0.352 e. The third-order valence-electron chi connectivity index (χ3n) is 4.80. The van der Waals surface area contributed by atoms with Crippen LogP contribution in [0.2, 0.25) is 0 Å². The summed E-state index contributed by atoms with van der Waals surface area (Å²) >= 11 is 2.03. The molecule has 2 aliphatic heterocycles. The van der Waals surface area contributed by atoms with Gasteiger partial charge in [0.25, 0.3) is 5.91 Å². The summed E-state index contributed by atoms with van der Waals surface area (Å²) < 4.78 is 26.5. The van der Waals surface area contributed by atoms with Crippen LogP contribution in [-0.4, -0.2) is 48.0 Å². The minimum Gasteiger partial charge on any atom is -0.352 e. The number of rotatable bonds is 4. The highest BCUT2D eigenvalue weighted by molar-refractivity contribution is 7.99. The van der Waals surface area contributed by atoms with Gasteiger partial charge in [-0.05, 0) is 56.2 Å². The van der Waals surface area contributed by atoms with Gasteiger partial charge < -0.3 is 5.32 Å². The molecular formula is C17H22F2N2OS. The molecule has 0 aromatic heterocycles. The van der Waals surface area contributed by atoms with E-state index in [2.05, 4.69) is 10.2 Å². The Hall–Kier alpha value is -1.14. The van der Waals surface area contributed by atoms with Crippen LogP contribution >= 0.6 is 11.8 Å². The van der Waals surface area contributed by atoms with Gasteiger partial charge in [0.15, 0.2) is 0 Å². The summed E-state index contributed by atoms with van der Waals surface area (Å²) in [6.07, 6.45) is 3.41. The first-order valence-electron chi connectivity index (χ1n) is 8.18. The second-order valence-corrected chi connectivity index (χ2v) is 7.48. The minimum atomic E-state index is -0.809. The standard InChI is InChI=1S/C17H22F2N2OS/c18-13-1-2-15(16(19)9-13)17(22)20-10-12-3-6-21(7-4-12)14-5-8-23-11-14/h1-2,9,12,14H,3-8,10-11H2,(H,20,22). The number of carbonyl (C=O) groups is 1. The second-order valence-electron chi connectivity index (χ2n) is 6.33. The number of carbonyl (C=O) groups excluding carboxylic acids is 1. The fourth-order valence-electron chi connectivity index (χ4n) is 3.34. The van der Waals surface area contributed by atoms with Crippen molar-refractivity contribution in [3.63, 3.8) is 0 Å². The summed E-state index contributed by atoms with van der Waals surface area (Å²) in [4.78, 5) is 14.6. The van der Waals surface area contributed by atoms with Crippen molar-refractivity contribution >= 4 is 17.7 Å². The van der Waals surface area contributed by atoms with Gasteiger partial charge in [-0.2, -0.15) is 11.8 Å². The summed E-state index contributed by atoms with van der Waals surface area (Å²) in [6.45, 7) is 2.72. The average molecular weight is 340 g/mol. The van der Waals surface area contributed by atoms with Crippen LogP contribution in [0.15, 0.2) is 18.2 Å². The molecule has 0 radical (unpaired) electrons. The van der Waals surface area contributed by atoms with Crippen molar-refractivity contribution in [3.8, 4) is 0 Å². The monoisotopic (exact) mass is 340 g/mol. The molecule has 3 rings (SSSR count). The maximum absolute atomic E-state index is 13.6. The lowest BCUT2D eigenvalue weighted by Gasteiger charge is -2.35. The van der Waals surface area contributed by atoms with E-state index in [4.69, 9.17) is 0 Å². The number of likely N-dealkylation sites (tertiary alicyclic amines) is 1. The van der Waals surface area contributed by atoms with Crippen molar-refractivity contribution < 1.29 is 13.6 Å². The first-order chi connectivity index (χ1) is 11.1. The van der Waals surface area contributed by atoms with Crippen LogP contribution in [0.3, 0.4) is 0 Å². The number of halogens is 2. The van der Waals surface area contributed by atoms with Crippen LogP contribution in [0.5, 0.6) is 0 Å². The number of piperidine rings is 1. The number of hydrogen-bond acceptors (Lipinski definition) is 3. The molecule has 23 heavy (non-hydrogen) atoms. The molecule has 0 bridgehead atoms.